The molecule has 2 aromatic rings. The number of rotatable bonds is 3. The summed E-state index contributed by atoms with van der Waals surface area (Å²) >= 11 is 1.89. The molecule has 3 rings (SSSR count). The second-order valence-corrected chi connectivity index (χ2v) is 6.03. The number of thiophene rings is 1. The minimum Gasteiger partial charge on any atom is -0.366 e. The van der Waals surface area contributed by atoms with E-state index in [1.807, 2.05) is 24.6 Å². The van der Waals surface area contributed by atoms with Gasteiger partial charge in [-0.2, -0.15) is 0 Å². The van der Waals surface area contributed by atoms with Gasteiger partial charge in [-0.3, -0.25) is 4.98 Å². The minimum atomic E-state index is 0.871. The van der Waals surface area contributed by atoms with Crippen molar-refractivity contribution in [3.63, 3.8) is 0 Å². The molecule has 0 saturated carbocycles. The summed E-state index contributed by atoms with van der Waals surface area (Å²) in [6, 6.07) is 4.47. The number of hydrogen-bond acceptors (Lipinski definition) is 4. The molecule has 0 aliphatic carbocycles. The number of pyridine rings is 1. The molecule has 3 heterocycles. The highest BCUT2D eigenvalue weighted by molar-refractivity contribution is 7.10. The van der Waals surface area contributed by atoms with Crippen LogP contribution in [0.15, 0.2) is 23.7 Å². The molecule has 100 valence electrons. The summed E-state index contributed by atoms with van der Waals surface area (Å²) in [7, 11) is 1.98. The Kier molecular flexibility index (Phi) is 3.53. The lowest BCUT2D eigenvalue weighted by molar-refractivity contribution is 0.726. The quantitative estimate of drug-likeness (QED) is 0.932. The maximum Gasteiger partial charge on any atom is 0.0448 e. The van der Waals surface area contributed by atoms with E-state index in [2.05, 4.69) is 39.6 Å². The fraction of sp³-hybridized carbons (Fsp3) is 0.400. The van der Waals surface area contributed by atoms with Crippen LogP contribution < -0.4 is 10.2 Å². The zero-order chi connectivity index (χ0) is 13.2. The summed E-state index contributed by atoms with van der Waals surface area (Å²) < 4.78 is 0. The molecule has 19 heavy (non-hydrogen) atoms. The molecule has 0 bridgehead atoms. The summed E-state index contributed by atoms with van der Waals surface area (Å²) in [6.45, 7) is 5.06. The van der Waals surface area contributed by atoms with Crippen molar-refractivity contribution in [1.82, 2.24) is 10.3 Å². The van der Waals surface area contributed by atoms with E-state index in [9.17, 15) is 0 Å². The molecular formula is C15H19N3S. The highest BCUT2D eigenvalue weighted by Gasteiger charge is 2.19. The first-order valence-electron chi connectivity index (χ1n) is 6.68. The Morgan fingerprint density at radius 2 is 2.37 bits per heavy atom. The van der Waals surface area contributed by atoms with Gasteiger partial charge in [0.25, 0.3) is 0 Å². The van der Waals surface area contributed by atoms with Gasteiger partial charge < -0.3 is 10.2 Å². The van der Waals surface area contributed by atoms with Crippen LogP contribution in [-0.4, -0.2) is 18.6 Å². The molecule has 0 radical (unpaired) electrons. The van der Waals surface area contributed by atoms with Crippen molar-refractivity contribution < 1.29 is 0 Å². The third kappa shape index (κ3) is 2.51. The van der Waals surface area contributed by atoms with E-state index < -0.39 is 0 Å². The molecule has 1 aliphatic rings. The van der Waals surface area contributed by atoms with Crippen molar-refractivity contribution in [2.45, 2.75) is 26.4 Å². The van der Waals surface area contributed by atoms with Crippen molar-refractivity contribution in [2.24, 2.45) is 0 Å². The minimum absolute atomic E-state index is 0.871. The number of anilines is 1. The Morgan fingerprint density at radius 1 is 1.47 bits per heavy atom. The van der Waals surface area contributed by atoms with E-state index in [4.69, 9.17) is 0 Å². The van der Waals surface area contributed by atoms with Crippen LogP contribution in [0.5, 0.6) is 0 Å². The van der Waals surface area contributed by atoms with E-state index >= 15 is 0 Å². The molecule has 3 nitrogen and oxygen atoms in total. The summed E-state index contributed by atoms with van der Waals surface area (Å²) in [4.78, 5) is 8.46. The molecule has 0 amide bonds. The van der Waals surface area contributed by atoms with Crippen molar-refractivity contribution in [3.8, 4) is 0 Å². The van der Waals surface area contributed by atoms with Crippen molar-refractivity contribution in [1.29, 1.82) is 0 Å². The predicted molar refractivity (Wildman–Crippen MR) is 80.8 cm³/mol. The van der Waals surface area contributed by atoms with Gasteiger partial charge in [-0.05, 0) is 43.5 Å². The van der Waals surface area contributed by atoms with Crippen molar-refractivity contribution >= 4 is 17.0 Å². The predicted octanol–water partition coefficient (Wildman–Crippen LogP) is 2.73. The first-order chi connectivity index (χ1) is 9.28. The molecule has 0 aromatic carbocycles. The van der Waals surface area contributed by atoms with Gasteiger partial charge in [-0.15, -0.1) is 11.3 Å². The van der Waals surface area contributed by atoms with Crippen molar-refractivity contribution in [2.75, 3.05) is 18.5 Å². The molecule has 1 N–H and O–H groups in total. The molecule has 0 spiro atoms. The first-order valence-corrected chi connectivity index (χ1v) is 7.56. The van der Waals surface area contributed by atoms with Crippen LogP contribution in [0, 0.1) is 6.92 Å². The standard InChI is InChI=1S/C15H19N3S/c1-11-7-14(13(8-16-2)9-17-11)18-5-3-15-12(10-18)4-6-19-15/h4,6-7,9,16H,3,5,8,10H2,1-2H3. The highest BCUT2D eigenvalue weighted by atomic mass is 32.1. The van der Waals surface area contributed by atoms with E-state index in [0.717, 1.165) is 31.7 Å². The Morgan fingerprint density at radius 3 is 3.21 bits per heavy atom. The SMILES string of the molecule is CNCc1cnc(C)cc1N1CCc2sccc2C1. The maximum atomic E-state index is 4.42. The van der Waals surface area contributed by atoms with E-state index in [-0.39, 0.29) is 0 Å². The molecule has 4 heteroatoms. The average Bonchev–Trinajstić information content (AvgIpc) is 2.88. The third-order valence-corrected chi connectivity index (χ3v) is 4.64. The topological polar surface area (TPSA) is 28.2 Å². The van der Waals surface area contributed by atoms with Gasteiger partial charge in [0.2, 0.25) is 0 Å². The lowest BCUT2D eigenvalue weighted by Crippen LogP contribution is -2.30. The van der Waals surface area contributed by atoms with Crippen LogP contribution in [0.2, 0.25) is 0 Å². The van der Waals surface area contributed by atoms with Gasteiger partial charge in [0.15, 0.2) is 0 Å². The van der Waals surface area contributed by atoms with E-state index in [1.54, 1.807) is 4.88 Å². The second kappa shape index (κ2) is 5.31. The largest absolute Gasteiger partial charge is 0.366 e. The van der Waals surface area contributed by atoms with Crippen LogP contribution in [0.1, 0.15) is 21.7 Å². The number of nitrogens with zero attached hydrogens (tertiary/aromatic N) is 2. The monoisotopic (exact) mass is 273 g/mol. The second-order valence-electron chi connectivity index (χ2n) is 5.03. The Labute approximate surface area is 118 Å². The fourth-order valence-electron chi connectivity index (χ4n) is 2.65. The van der Waals surface area contributed by atoms with Crippen LogP contribution in [0.4, 0.5) is 5.69 Å². The maximum absolute atomic E-state index is 4.42. The number of aryl methyl sites for hydroxylation is 1. The Hall–Kier alpha value is -1.39. The average molecular weight is 273 g/mol. The molecule has 0 fully saturated rings. The van der Waals surface area contributed by atoms with Gasteiger partial charge in [0, 0.05) is 47.7 Å². The van der Waals surface area contributed by atoms with E-state index in [0.29, 0.717) is 0 Å². The molecule has 0 atom stereocenters. The third-order valence-electron chi connectivity index (χ3n) is 3.61. The highest BCUT2D eigenvalue weighted by Crippen LogP contribution is 2.29. The number of aromatic nitrogens is 1. The fourth-order valence-corrected chi connectivity index (χ4v) is 3.54. The van der Waals surface area contributed by atoms with Gasteiger partial charge in [0.05, 0.1) is 0 Å². The summed E-state index contributed by atoms with van der Waals surface area (Å²) in [5.41, 5.74) is 5.19. The van der Waals surface area contributed by atoms with Gasteiger partial charge in [0.1, 0.15) is 0 Å². The summed E-state index contributed by atoms with van der Waals surface area (Å²) in [5.74, 6) is 0. The Balaban J connectivity index is 1.92. The van der Waals surface area contributed by atoms with Crippen LogP contribution in [-0.2, 0) is 19.5 Å². The normalized spacial score (nSPS) is 14.5. The van der Waals surface area contributed by atoms with Crippen LogP contribution in [0.3, 0.4) is 0 Å². The number of hydrogen-bond donors (Lipinski definition) is 1. The zero-order valence-corrected chi connectivity index (χ0v) is 12.3. The van der Waals surface area contributed by atoms with Crippen LogP contribution in [0.25, 0.3) is 0 Å². The van der Waals surface area contributed by atoms with Crippen molar-refractivity contribution in [3.05, 3.63) is 45.4 Å². The lowest BCUT2D eigenvalue weighted by Gasteiger charge is -2.31. The smallest absolute Gasteiger partial charge is 0.0448 e. The molecular weight excluding hydrogens is 254 g/mol. The molecule has 2 aromatic heterocycles. The molecule has 0 saturated heterocycles. The van der Waals surface area contributed by atoms with Gasteiger partial charge >= 0.3 is 0 Å². The van der Waals surface area contributed by atoms with E-state index in [1.165, 1.54) is 16.8 Å². The Bertz CT molecular complexity index is 577. The first kappa shape index (κ1) is 12.6. The van der Waals surface area contributed by atoms with Gasteiger partial charge in [-0.25, -0.2) is 0 Å². The van der Waals surface area contributed by atoms with Gasteiger partial charge in [-0.1, -0.05) is 0 Å². The summed E-state index contributed by atoms with van der Waals surface area (Å²) in [6.07, 6.45) is 3.16. The van der Waals surface area contributed by atoms with Crippen LogP contribution >= 0.6 is 11.3 Å². The summed E-state index contributed by atoms with van der Waals surface area (Å²) in [5, 5.41) is 5.44. The molecule has 0 unspecified atom stereocenters. The number of nitrogens with one attached hydrogen (secondary N) is 1. The molecule has 1 aliphatic heterocycles. The zero-order valence-electron chi connectivity index (χ0n) is 11.4. The number of fused-ring (bicyclic) bond motifs is 1. The lowest BCUT2D eigenvalue weighted by atomic mass is 10.1.